The van der Waals surface area contributed by atoms with Crippen LogP contribution in [0.3, 0.4) is 0 Å². The van der Waals surface area contributed by atoms with Gasteiger partial charge in [-0.3, -0.25) is 0 Å². The van der Waals surface area contributed by atoms with E-state index in [1.807, 2.05) is 15.9 Å². The molecule has 1 aliphatic heterocycles. The van der Waals surface area contributed by atoms with Crippen molar-refractivity contribution >= 4 is 44.7 Å². The first-order chi connectivity index (χ1) is 12.3. The minimum atomic E-state index is -3.85. The molecule has 0 radical (unpaired) electrons. The maximum Gasteiger partial charge on any atom is 0.238 e. The second kappa shape index (κ2) is 7.29. The van der Waals surface area contributed by atoms with Crippen LogP contribution >= 0.6 is 23.2 Å². The molecule has 136 valence electrons. The lowest BCUT2D eigenvalue weighted by Crippen LogP contribution is -2.47. The number of benzene rings is 1. The topological polar surface area (TPSA) is 103 Å². The molecule has 2 N–H and O–H groups in total. The van der Waals surface area contributed by atoms with E-state index in [1.165, 1.54) is 12.1 Å². The molecule has 10 heteroatoms. The number of piperazine rings is 1. The summed E-state index contributed by atoms with van der Waals surface area (Å²) in [6.07, 6.45) is 1.55. The summed E-state index contributed by atoms with van der Waals surface area (Å²) in [5.74, 6) is 0.667. The Kier molecular flexibility index (Phi) is 5.25. The molecule has 7 nitrogen and oxygen atoms in total. The molecular weight excluding hydrogens is 397 g/mol. The average Bonchev–Trinajstić information content (AvgIpc) is 2.61. The lowest BCUT2D eigenvalue weighted by Gasteiger charge is -2.37. The van der Waals surface area contributed by atoms with Gasteiger partial charge in [-0.2, -0.15) is 5.26 Å². The molecule has 1 saturated heterocycles. The number of nitrogens with zero attached hydrogens (tertiary/aromatic N) is 4. The van der Waals surface area contributed by atoms with Gasteiger partial charge in [0.05, 0.1) is 26.2 Å². The molecule has 1 aromatic heterocycles. The summed E-state index contributed by atoms with van der Waals surface area (Å²) < 4.78 is 22.9. The van der Waals surface area contributed by atoms with Crippen molar-refractivity contribution in [2.75, 3.05) is 36.0 Å². The molecule has 0 bridgehead atoms. The Bertz CT molecular complexity index is 983. The van der Waals surface area contributed by atoms with Gasteiger partial charge in [-0.25, -0.2) is 18.5 Å². The highest BCUT2D eigenvalue weighted by Crippen LogP contribution is 2.29. The van der Waals surface area contributed by atoms with Crippen LogP contribution in [0.4, 0.5) is 11.5 Å². The monoisotopic (exact) mass is 411 g/mol. The second-order valence-electron chi connectivity index (χ2n) is 5.77. The number of hydrogen-bond acceptors (Lipinski definition) is 6. The zero-order valence-corrected chi connectivity index (χ0v) is 15.9. The van der Waals surface area contributed by atoms with Gasteiger partial charge in [0.2, 0.25) is 10.0 Å². The van der Waals surface area contributed by atoms with Crippen LogP contribution in [0.5, 0.6) is 0 Å². The van der Waals surface area contributed by atoms with Crippen molar-refractivity contribution in [3.8, 4) is 6.07 Å². The summed E-state index contributed by atoms with van der Waals surface area (Å²) in [4.78, 5) is 8.27. The quantitative estimate of drug-likeness (QED) is 0.830. The van der Waals surface area contributed by atoms with Gasteiger partial charge in [0.25, 0.3) is 0 Å². The highest BCUT2D eigenvalue weighted by atomic mass is 35.5. The third kappa shape index (κ3) is 3.86. The van der Waals surface area contributed by atoms with E-state index in [2.05, 4.69) is 4.98 Å². The first-order valence-corrected chi connectivity index (χ1v) is 9.97. The van der Waals surface area contributed by atoms with E-state index in [0.717, 1.165) is 0 Å². The highest BCUT2D eigenvalue weighted by Gasteiger charge is 2.22. The number of rotatable bonds is 3. The average molecular weight is 412 g/mol. The number of aromatic nitrogens is 1. The summed E-state index contributed by atoms with van der Waals surface area (Å²) in [6.45, 7) is 2.56. The molecule has 0 amide bonds. The minimum absolute atomic E-state index is 0.0754. The van der Waals surface area contributed by atoms with Crippen LogP contribution in [0.25, 0.3) is 0 Å². The summed E-state index contributed by atoms with van der Waals surface area (Å²) in [6, 6.07) is 8.02. The molecule has 0 spiro atoms. The maximum absolute atomic E-state index is 11.5. The highest BCUT2D eigenvalue weighted by molar-refractivity contribution is 7.89. The number of pyridine rings is 1. The summed E-state index contributed by atoms with van der Waals surface area (Å²) >= 11 is 12.1. The van der Waals surface area contributed by atoms with Crippen LogP contribution in [0, 0.1) is 11.3 Å². The van der Waals surface area contributed by atoms with Crippen molar-refractivity contribution in [3.63, 3.8) is 0 Å². The predicted molar refractivity (Wildman–Crippen MR) is 101 cm³/mol. The van der Waals surface area contributed by atoms with Crippen molar-refractivity contribution < 1.29 is 8.42 Å². The van der Waals surface area contributed by atoms with Gasteiger partial charge in [0, 0.05) is 32.4 Å². The summed E-state index contributed by atoms with van der Waals surface area (Å²) in [5, 5.41) is 15.5. The van der Waals surface area contributed by atoms with E-state index in [1.54, 1.807) is 18.3 Å². The third-order valence-electron chi connectivity index (χ3n) is 4.13. The molecular formula is C16H15Cl2N5O2S. The fraction of sp³-hybridized carbons (Fsp3) is 0.250. The lowest BCUT2D eigenvalue weighted by atomic mass is 10.1. The predicted octanol–water partition coefficient (Wildman–Crippen LogP) is 2.23. The largest absolute Gasteiger partial charge is 0.367 e. The van der Waals surface area contributed by atoms with Crippen LogP contribution < -0.4 is 14.9 Å². The summed E-state index contributed by atoms with van der Waals surface area (Å²) in [5.41, 5.74) is 0.947. The van der Waals surface area contributed by atoms with Gasteiger partial charge in [0.1, 0.15) is 11.9 Å². The standard InChI is InChI=1S/C16H15Cl2N5O2S/c17-12-8-14(18)16(21-10-12)23-5-3-22(4-6-23)15-2-1-13(26(20,24)25)7-11(15)9-19/h1-2,7-8,10H,3-6H2,(H2,20,24,25). The van der Waals surface area contributed by atoms with E-state index in [9.17, 15) is 13.7 Å². The Morgan fingerprint density at radius 2 is 1.77 bits per heavy atom. The van der Waals surface area contributed by atoms with Crippen LogP contribution in [0.2, 0.25) is 10.0 Å². The van der Waals surface area contributed by atoms with Crippen LogP contribution in [0.15, 0.2) is 35.4 Å². The normalized spacial score (nSPS) is 15.0. The molecule has 0 unspecified atom stereocenters. The Labute approximate surface area is 161 Å². The summed E-state index contributed by atoms with van der Waals surface area (Å²) in [7, 11) is -3.85. The fourth-order valence-electron chi connectivity index (χ4n) is 2.86. The molecule has 3 rings (SSSR count). The first-order valence-electron chi connectivity index (χ1n) is 7.67. The maximum atomic E-state index is 11.5. The Balaban J connectivity index is 1.79. The number of primary sulfonamides is 1. The molecule has 2 heterocycles. The van der Waals surface area contributed by atoms with Crippen molar-refractivity contribution in [2.24, 2.45) is 5.14 Å². The van der Waals surface area contributed by atoms with E-state index < -0.39 is 10.0 Å². The number of hydrogen-bond donors (Lipinski definition) is 1. The second-order valence-corrected chi connectivity index (χ2v) is 8.17. The van der Waals surface area contributed by atoms with Crippen molar-refractivity contribution in [3.05, 3.63) is 46.1 Å². The van der Waals surface area contributed by atoms with Gasteiger partial charge < -0.3 is 9.80 Å². The smallest absolute Gasteiger partial charge is 0.238 e. The minimum Gasteiger partial charge on any atom is -0.367 e. The Hall–Kier alpha value is -2.05. The van der Waals surface area contributed by atoms with E-state index >= 15 is 0 Å². The van der Waals surface area contributed by atoms with Crippen LogP contribution in [-0.4, -0.2) is 39.6 Å². The number of halogens is 2. The van der Waals surface area contributed by atoms with Crippen LogP contribution in [0.1, 0.15) is 5.56 Å². The molecule has 0 saturated carbocycles. The Morgan fingerprint density at radius 1 is 1.12 bits per heavy atom. The molecule has 0 aliphatic carbocycles. The van der Waals surface area contributed by atoms with Crippen molar-refractivity contribution in [1.82, 2.24) is 4.98 Å². The van der Waals surface area contributed by atoms with Crippen molar-refractivity contribution in [2.45, 2.75) is 4.90 Å². The van der Waals surface area contributed by atoms with Crippen molar-refractivity contribution in [1.29, 1.82) is 5.26 Å². The number of sulfonamides is 1. The zero-order chi connectivity index (χ0) is 18.9. The molecule has 2 aromatic rings. The third-order valence-corrected chi connectivity index (χ3v) is 5.52. The van der Waals surface area contributed by atoms with Gasteiger partial charge >= 0.3 is 0 Å². The number of anilines is 2. The fourth-order valence-corrected chi connectivity index (χ4v) is 3.90. The molecule has 1 aromatic carbocycles. The molecule has 1 fully saturated rings. The molecule has 1 aliphatic rings. The van der Waals surface area contributed by atoms with Gasteiger partial charge in [-0.15, -0.1) is 0 Å². The number of nitrogens with two attached hydrogens (primary N) is 1. The van der Waals surface area contributed by atoms with Crippen LogP contribution in [-0.2, 0) is 10.0 Å². The van der Waals surface area contributed by atoms with Gasteiger partial charge in [0.15, 0.2) is 0 Å². The van der Waals surface area contributed by atoms with E-state index in [4.69, 9.17) is 28.3 Å². The lowest BCUT2D eigenvalue weighted by molar-refractivity contribution is 0.597. The van der Waals surface area contributed by atoms with Gasteiger partial charge in [-0.05, 0) is 24.3 Å². The van der Waals surface area contributed by atoms with E-state index in [-0.39, 0.29) is 10.5 Å². The van der Waals surface area contributed by atoms with Gasteiger partial charge in [-0.1, -0.05) is 23.2 Å². The molecule has 0 atom stereocenters. The number of nitriles is 1. The van der Waals surface area contributed by atoms with E-state index in [0.29, 0.717) is 47.7 Å². The zero-order valence-electron chi connectivity index (χ0n) is 13.6. The molecule has 26 heavy (non-hydrogen) atoms. The first kappa shape index (κ1) is 18.7. The SMILES string of the molecule is N#Cc1cc(S(N)(=O)=O)ccc1N1CCN(c2ncc(Cl)cc2Cl)CC1. The Morgan fingerprint density at radius 3 is 2.35 bits per heavy atom.